The molecule has 0 aliphatic carbocycles. The van der Waals surface area contributed by atoms with Crippen molar-refractivity contribution in [3.63, 3.8) is 0 Å². The van der Waals surface area contributed by atoms with E-state index in [9.17, 15) is 22.9 Å². The van der Waals surface area contributed by atoms with E-state index in [4.69, 9.17) is 5.11 Å². The van der Waals surface area contributed by atoms with Crippen molar-refractivity contribution >= 4 is 21.4 Å². The number of nitro benzene ring substituents is 1. The molecule has 0 heterocycles. The number of benzene rings is 2. The molecule has 3 N–H and O–H groups in total. The van der Waals surface area contributed by atoms with Gasteiger partial charge in [0.05, 0.1) is 9.82 Å². The van der Waals surface area contributed by atoms with Crippen molar-refractivity contribution in [2.24, 2.45) is 0 Å². The Morgan fingerprint density at radius 3 is 2.54 bits per heavy atom. The summed E-state index contributed by atoms with van der Waals surface area (Å²) in [4.78, 5) is 10.2. The maximum atomic E-state index is 13.3. The highest BCUT2D eigenvalue weighted by atomic mass is 32.2. The van der Waals surface area contributed by atoms with Crippen LogP contribution >= 0.6 is 0 Å². The van der Waals surface area contributed by atoms with E-state index in [1.54, 1.807) is 0 Å². The highest BCUT2D eigenvalue weighted by Crippen LogP contribution is 2.28. The number of phenolic OH excluding ortho intramolecular Hbond substituents is 1. The number of hydrogen-bond acceptors (Lipinski definition) is 6. The highest BCUT2D eigenvalue weighted by molar-refractivity contribution is 7.89. The molecule has 0 saturated carbocycles. The van der Waals surface area contributed by atoms with Crippen LogP contribution < -0.4 is 10.0 Å². The number of aromatic hydroxyl groups is 1. The Morgan fingerprint density at radius 1 is 1.25 bits per heavy atom. The molecule has 0 amide bonds. The van der Waals surface area contributed by atoms with Crippen molar-refractivity contribution in [3.05, 3.63) is 57.9 Å². The fourth-order valence-electron chi connectivity index (χ4n) is 1.95. The average molecular weight is 355 g/mol. The number of phenols is 1. The van der Waals surface area contributed by atoms with Crippen LogP contribution in [0.25, 0.3) is 0 Å². The number of sulfonamides is 1. The number of nitro groups is 1. The predicted molar refractivity (Wildman–Crippen MR) is 84.7 cm³/mol. The third-order valence-electron chi connectivity index (χ3n) is 3.24. The van der Waals surface area contributed by atoms with Crippen LogP contribution in [0.4, 0.5) is 15.8 Å². The molecule has 0 radical (unpaired) electrons. The van der Waals surface area contributed by atoms with Crippen molar-refractivity contribution in [2.75, 3.05) is 12.4 Å². The van der Waals surface area contributed by atoms with Crippen molar-refractivity contribution in [1.82, 2.24) is 4.72 Å². The van der Waals surface area contributed by atoms with Gasteiger partial charge in [0.2, 0.25) is 10.0 Å². The third kappa shape index (κ3) is 3.78. The van der Waals surface area contributed by atoms with Crippen molar-refractivity contribution in [2.45, 2.75) is 11.4 Å². The molecule has 0 spiro atoms. The highest BCUT2D eigenvalue weighted by Gasteiger charge is 2.20. The summed E-state index contributed by atoms with van der Waals surface area (Å²) < 4.78 is 38.8. The smallest absolute Gasteiger partial charge is 0.293 e. The maximum Gasteiger partial charge on any atom is 0.293 e. The number of nitrogens with zero attached hydrogens (tertiary/aromatic N) is 1. The van der Waals surface area contributed by atoms with Crippen LogP contribution in [0.2, 0.25) is 0 Å². The lowest BCUT2D eigenvalue weighted by molar-refractivity contribution is -0.384. The van der Waals surface area contributed by atoms with E-state index in [0.29, 0.717) is 5.56 Å². The minimum Gasteiger partial charge on any atom is -0.505 e. The van der Waals surface area contributed by atoms with Crippen LogP contribution in [-0.4, -0.2) is 25.5 Å². The second-order valence-electron chi connectivity index (χ2n) is 4.78. The Morgan fingerprint density at radius 2 is 1.96 bits per heavy atom. The van der Waals surface area contributed by atoms with Gasteiger partial charge in [-0.15, -0.1) is 0 Å². The molecule has 0 saturated heterocycles. The molecule has 0 unspecified atom stereocenters. The summed E-state index contributed by atoms with van der Waals surface area (Å²) in [5.74, 6) is -1.30. The number of rotatable bonds is 6. The van der Waals surface area contributed by atoms with Gasteiger partial charge in [0.25, 0.3) is 5.69 Å². The standard InChI is InChI=1S/C14H14FN3O5S/c1-16-24(22,23)10-3-4-12(13(7-10)18(20)21)17-8-9-2-5-14(19)11(15)6-9/h2-7,16-17,19H,8H2,1H3. The third-order valence-corrected chi connectivity index (χ3v) is 4.65. The summed E-state index contributed by atoms with van der Waals surface area (Å²) in [6, 6.07) is 7.14. The van der Waals surface area contributed by atoms with E-state index in [1.165, 1.54) is 31.3 Å². The van der Waals surface area contributed by atoms with E-state index in [1.807, 2.05) is 0 Å². The minimum absolute atomic E-state index is 0.0518. The quantitative estimate of drug-likeness (QED) is 0.538. The van der Waals surface area contributed by atoms with Gasteiger partial charge in [0, 0.05) is 12.6 Å². The lowest BCUT2D eigenvalue weighted by Crippen LogP contribution is -2.18. The van der Waals surface area contributed by atoms with Crippen molar-refractivity contribution < 1.29 is 22.8 Å². The molecule has 2 aromatic rings. The topological polar surface area (TPSA) is 122 Å². The maximum absolute atomic E-state index is 13.3. The molecule has 2 rings (SSSR count). The first-order valence-electron chi connectivity index (χ1n) is 6.68. The average Bonchev–Trinajstić information content (AvgIpc) is 2.55. The first-order valence-corrected chi connectivity index (χ1v) is 8.16. The molecule has 0 aliphatic heterocycles. The Bertz CT molecular complexity index is 886. The first kappa shape index (κ1) is 17.6. The zero-order chi connectivity index (χ0) is 17.9. The molecule has 2 aromatic carbocycles. The molecule has 0 atom stereocenters. The Balaban J connectivity index is 2.29. The second kappa shape index (κ2) is 6.81. The number of halogens is 1. The van der Waals surface area contributed by atoms with Crippen molar-refractivity contribution in [1.29, 1.82) is 0 Å². The minimum atomic E-state index is -3.81. The summed E-state index contributed by atoms with van der Waals surface area (Å²) in [5, 5.41) is 23.0. The monoisotopic (exact) mass is 355 g/mol. The molecular formula is C14H14FN3O5S. The first-order chi connectivity index (χ1) is 11.2. The van der Waals surface area contributed by atoms with E-state index < -0.39 is 32.2 Å². The van der Waals surface area contributed by atoms with Gasteiger partial charge in [-0.05, 0) is 36.9 Å². The van der Waals surface area contributed by atoms with E-state index in [-0.39, 0.29) is 17.1 Å². The summed E-state index contributed by atoms with van der Waals surface area (Å²) in [6.45, 7) is 0.0518. The van der Waals surface area contributed by atoms with Crippen LogP contribution in [0.1, 0.15) is 5.56 Å². The van der Waals surface area contributed by atoms with E-state index in [2.05, 4.69) is 10.0 Å². The van der Waals surface area contributed by atoms with Gasteiger partial charge in [-0.1, -0.05) is 6.07 Å². The summed E-state index contributed by atoms with van der Waals surface area (Å²) in [6.07, 6.45) is 0. The Hall–Kier alpha value is -2.72. The van der Waals surface area contributed by atoms with Gasteiger partial charge in [-0.25, -0.2) is 17.5 Å². The molecule has 24 heavy (non-hydrogen) atoms. The van der Waals surface area contributed by atoms with Crippen molar-refractivity contribution in [3.8, 4) is 5.75 Å². The molecule has 8 nitrogen and oxygen atoms in total. The Kier molecular flexibility index (Phi) is 5.00. The number of anilines is 1. The summed E-state index contributed by atoms with van der Waals surface area (Å²) >= 11 is 0. The normalized spacial score (nSPS) is 11.2. The van der Waals surface area contributed by atoms with Gasteiger partial charge < -0.3 is 10.4 Å². The summed E-state index contributed by atoms with van der Waals surface area (Å²) in [5.41, 5.74) is 0.112. The zero-order valence-electron chi connectivity index (χ0n) is 12.5. The fourth-order valence-corrected chi connectivity index (χ4v) is 2.70. The molecule has 0 aliphatic rings. The van der Waals surface area contributed by atoms with Crippen LogP contribution in [0.5, 0.6) is 5.75 Å². The van der Waals surface area contributed by atoms with Gasteiger partial charge in [-0.2, -0.15) is 0 Å². The molecule has 128 valence electrons. The molecule has 0 bridgehead atoms. The van der Waals surface area contributed by atoms with E-state index in [0.717, 1.165) is 12.1 Å². The molecular weight excluding hydrogens is 341 g/mol. The lowest BCUT2D eigenvalue weighted by atomic mass is 10.2. The van der Waals surface area contributed by atoms with E-state index >= 15 is 0 Å². The zero-order valence-corrected chi connectivity index (χ0v) is 13.3. The number of hydrogen-bond donors (Lipinski definition) is 3. The molecule has 10 heteroatoms. The van der Waals surface area contributed by atoms with Crippen LogP contribution in [0, 0.1) is 15.9 Å². The Labute approximate surface area is 137 Å². The molecule has 0 fully saturated rings. The number of nitrogens with one attached hydrogen (secondary N) is 2. The van der Waals surface area contributed by atoms with Gasteiger partial charge in [0.1, 0.15) is 5.69 Å². The lowest BCUT2D eigenvalue weighted by Gasteiger charge is -2.09. The molecule has 0 aromatic heterocycles. The van der Waals surface area contributed by atoms with Gasteiger partial charge in [-0.3, -0.25) is 10.1 Å². The SMILES string of the molecule is CNS(=O)(=O)c1ccc(NCc2ccc(O)c(F)c2)c([N+](=O)[O-])c1. The van der Waals surface area contributed by atoms with Crippen LogP contribution in [0.3, 0.4) is 0 Å². The fraction of sp³-hybridized carbons (Fsp3) is 0.143. The van der Waals surface area contributed by atoms with Gasteiger partial charge >= 0.3 is 0 Å². The second-order valence-corrected chi connectivity index (χ2v) is 6.67. The summed E-state index contributed by atoms with van der Waals surface area (Å²) in [7, 11) is -2.61. The van der Waals surface area contributed by atoms with Crippen LogP contribution in [0.15, 0.2) is 41.3 Å². The van der Waals surface area contributed by atoms with Gasteiger partial charge in [0.15, 0.2) is 11.6 Å². The van der Waals surface area contributed by atoms with Crippen LogP contribution in [-0.2, 0) is 16.6 Å². The largest absolute Gasteiger partial charge is 0.505 e. The predicted octanol–water partition coefficient (Wildman–Crippen LogP) is 1.96.